The Hall–Kier alpha value is -1.78. The maximum atomic E-state index is 6.04. The van der Waals surface area contributed by atoms with E-state index in [1.807, 2.05) is 35.8 Å². The van der Waals surface area contributed by atoms with Gasteiger partial charge in [-0.3, -0.25) is 4.57 Å². The highest BCUT2D eigenvalue weighted by atomic mass is 35.5. The van der Waals surface area contributed by atoms with Crippen molar-refractivity contribution < 1.29 is 0 Å². The van der Waals surface area contributed by atoms with Gasteiger partial charge in [-0.05, 0) is 30.7 Å². The largest absolute Gasteiger partial charge is 0.369 e. The van der Waals surface area contributed by atoms with Crippen LogP contribution in [0, 0.1) is 0 Å². The lowest BCUT2D eigenvalue weighted by atomic mass is 10.1. The van der Waals surface area contributed by atoms with Crippen molar-refractivity contribution in [3.05, 3.63) is 52.1 Å². The minimum atomic E-state index is -0.0209. The number of nitrogen functional groups attached to an aromatic ring is 1. The zero-order valence-corrected chi connectivity index (χ0v) is 12.2. The van der Waals surface area contributed by atoms with Crippen molar-refractivity contribution in [2.45, 2.75) is 13.0 Å². The van der Waals surface area contributed by atoms with Gasteiger partial charge in [0.05, 0.1) is 11.1 Å². The first kappa shape index (κ1) is 13.2. The summed E-state index contributed by atoms with van der Waals surface area (Å²) in [7, 11) is 0. The molecule has 1 aromatic carbocycles. The van der Waals surface area contributed by atoms with Gasteiger partial charge in [0.2, 0.25) is 5.95 Å². The lowest BCUT2D eigenvalue weighted by Crippen LogP contribution is -2.10. The van der Waals surface area contributed by atoms with Crippen LogP contribution in [-0.2, 0) is 0 Å². The molecule has 2 heterocycles. The third kappa shape index (κ3) is 2.21. The van der Waals surface area contributed by atoms with E-state index in [-0.39, 0.29) is 6.04 Å². The summed E-state index contributed by atoms with van der Waals surface area (Å²) in [5.41, 5.74) is 8.45. The topological polar surface area (TPSA) is 56.7 Å². The molecule has 0 fully saturated rings. The number of imidazole rings is 1. The summed E-state index contributed by atoms with van der Waals surface area (Å²) in [4.78, 5) is 8.63. The van der Waals surface area contributed by atoms with Gasteiger partial charge in [0.15, 0.2) is 5.65 Å². The third-order valence-corrected chi connectivity index (χ3v) is 3.68. The van der Waals surface area contributed by atoms with Gasteiger partial charge in [-0.25, -0.2) is 9.97 Å². The number of pyridine rings is 1. The molecule has 0 spiro atoms. The van der Waals surface area contributed by atoms with Gasteiger partial charge in [-0.15, -0.1) is 0 Å². The number of hydrogen-bond donors (Lipinski definition) is 1. The van der Waals surface area contributed by atoms with Gasteiger partial charge in [0.25, 0.3) is 0 Å². The van der Waals surface area contributed by atoms with E-state index in [1.54, 1.807) is 12.3 Å². The summed E-state index contributed by atoms with van der Waals surface area (Å²) >= 11 is 12.0. The fraction of sp³-hybridized carbons (Fsp3) is 0.143. The molecule has 1 atom stereocenters. The zero-order valence-electron chi connectivity index (χ0n) is 10.7. The summed E-state index contributed by atoms with van der Waals surface area (Å²) in [5.74, 6) is 0.405. The van der Waals surface area contributed by atoms with Crippen LogP contribution in [0.3, 0.4) is 0 Å². The normalized spacial score (nSPS) is 12.8. The number of hydrogen-bond acceptors (Lipinski definition) is 3. The first-order valence-electron chi connectivity index (χ1n) is 6.10. The van der Waals surface area contributed by atoms with Crippen LogP contribution in [0.4, 0.5) is 5.95 Å². The molecule has 0 saturated heterocycles. The third-order valence-electron chi connectivity index (χ3n) is 3.24. The second kappa shape index (κ2) is 4.96. The molecule has 0 aliphatic heterocycles. The van der Waals surface area contributed by atoms with Crippen molar-refractivity contribution in [3.8, 4) is 0 Å². The molecule has 3 rings (SSSR count). The highest BCUT2D eigenvalue weighted by molar-refractivity contribution is 6.31. The SMILES string of the molecule is CC(c1cccc(Cl)c1)n1c(N)nc2cc(Cl)cnc21. The Bertz CT molecular complexity index is 782. The number of halogens is 2. The molecule has 0 aliphatic carbocycles. The van der Waals surface area contributed by atoms with Gasteiger partial charge in [0.1, 0.15) is 5.52 Å². The summed E-state index contributed by atoms with van der Waals surface area (Å²) in [6.45, 7) is 2.03. The predicted octanol–water partition coefficient (Wildman–Crippen LogP) is 3.93. The van der Waals surface area contributed by atoms with Crippen LogP contribution in [0.2, 0.25) is 10.0 Å². The van der Waals surface area contributed by atoms with Crippen molar-refractivity contribution >= 4 is 40.3 Å². The van der Waals surface area contributed by atoms with Gasteiger partial charge >= 0.3 is 0 Å². The molecule has 0 amide bonds. The fourth-order valence-corrected chi connectivity index (χ4v) is 2.62. The zero-order chi connectivity index (χ0) is 14.3. The van der Waals surface area contributed by atoms with Crippen LogP contribution in [0.15, 0.2) is 36.5 Å². The molecular formula is C14H12Cl2N4. The number of anilines is 1. The van der Waals surface area contributed by atoms with Crippen molar-refractivity contribution in [2.24, 2.45) is 0 Å². The standard InChI is InChI=1S/C14H12Cl2N4/c1-8(9-3-2-4-10(15)5-9)20-13-12(19-14(20)17)6-11(16)7-18-13/h2-8H,1H3,(H2,17,19). The molecule has 4 nitrogen and oxygen atoms in total. The van der Waals surface area contributed by atoms with Gasteiger partial charge in [-0.2, -0.15) is 0 Å². The Morgan fingerprint density at radius 1 is 1.20 bits per heavy atom. The van der Waals surface area contributed by atoms with Crippen LogP contribution in [0.5, 0.6) is 0 Å². The van der Waals surface area contributed by atoms with E-state index in [9.17, 15) is 0 Å². The molecule has 6 heteroatoms. The molecule has 20 heavy (non-hydrogen) atoms. The van der Waals surface area contributed by atoms with E-state index in [0.717, 1.165) is 5.56 Å². The summed E-state index contributed by atoms with van der Waals surface area (Å²) in [5, 5.41) is 1.23. The number of nitrogens with zero attached hydrogens (tertiary/aromatic N) is 3. The quantitative estimate of drug-likeness (QED) is 0.780. The first-order chi connectivity index (χ1) is 9.56. The molecule has 2 N–H and O–H groups in total. The van der Waals surface area contributed by atoms with Gasteiger partial charge < -0.3 is 5.73 Å². The summed E-state index contributed by atoms with van der Waals surface area (Å²) < 4.78 is 1.87. The minimum Gasteiger partial charge on any atom is -0.369 e. The molecule has 1 unspecified atom stereocenters. The van der Waals surface area contributed by atoms with Crippen LogP contribution in [-0.4, -0.2) is 14.5 Å². The van der Waals surface area contributed by atoms with Crippen molar-refractivity contribution in [2.75, 3.05) is 5.73 Å². The Morgan fingerprint density at radius 2 is 2.00 bits per heavy atom. The monoisotopic (exact) mass is 306 g/mol. The Morgan fingerprint density at radius 3 is 2.75 bits per heavy atom. The van der Waals surface area contributed by atoms with Crippen molar-refractivity contribution in [3.63, 3.8) is 0 Å². The number of benzene rings is 1. The molecule has 3 aromatic rings. The minimum absolute atomic E-state index is 0.0209. The predicted molar refractivity (Wildman–Crippen MR) is 82.2 cm³/mol. The molecular weight excluding hydrogens is 295 g/mol. The van der Waals surface area contributed by atoms with E-state index in [4.69, 9.17) is 28.9 Å². The number of fused-ring (bicyclic) bond motifs is 1. The summed E-state index contributed by atoms with van der Waals surface area (Å²) in [6, 6.07) is 9.39. The highest BCUT2D eigenvalue weighted by Crippen LogP contribution is 2.28. The maximum absolute atomic E-state index is 6.04. The lowest BCUT2D eigenvalue weighted by Gasteiger charge is -2.16. The van der Waals surface area contributed by atoms with E-state index in [1.165, 1.54) is 0 Å². The second-order valence-corrected chi connectivity index (χ2v) is 5.44. The second-order valence-electron chi connectivity index (χ2n) is 4.57. The molecule has 0 saturated carbocycles. The van der Waals surface area contributed by atoms with Crippen LogP contribution in [0.1, 0.15) is 18.5 Å². The molecule has 0 bridgehead atoms. The maximum Gasteiger partial charge on any atom is 0.203 e. The average Bonchev–Trinajstić information content (AvgIpc) is 2.73. The highest BCUT2D eigenvalue weighted by Gasteiger charge is 2.17. The van der Waals surface area contributed by atoms with E-state index >= 15 is 0 Å². The van der Waals surface area contributed by atoms with Gasteiger partial charge in [0, 0.05) is 11.2 Å². The molecule has 0 aliphatic rings. The molecule has 2 aromatic heterocycles. The number of nitrogens with two attached hydrogens (primary N) is 1. The number of aromatic nitrogens is 3. The summed E-state index contributed by atoms with van der Waals surface area (Å²) in [6.07, 6.45) is 1.59. The van der Waals surface area contributed by atoms with Crippen LogP contribution < -0.4 is 5.73 Å². The van der Waals surface area contributed by atoms with E-state index < -0.39 is 0 Å². The Balaban J connectivity index is 2.16. The lowest BCUT2D eigenvalue weighted by molar-refractivity contribution is 0.662. The van der Waals surface area contributed by atoms with E-state index in [2.05, 4.69) is 9.97 Å². The van der Waals surface area contributed by atoms with Gasteiger partial charge in [-0.1, -0.05) is 35.3 Å². The Kier molecular flexibility index (Phi) is 3.28. The first-order valence-corrected chi connectivity index (χ1v) is 6.86. The van der Waals surface area contributed by atoms with Crippen molar-refractivity contribution in [1.82, 2.24) is 14.5 Å². The van der Waals surface area contributed by atoms with E-state index in [0.29, 0.717) is 27.2 Å². The Labute approximate surface area is 126 Å². The fourth-order valence-electron chi connectivity index (χ4n) is 2.27. The molecule has 102 valence electrons. The number of rotatable bonds is 2. The van der Waals surface area contributed by atoms with Crippen LogP contribution >= 0.6 is 23.2 Å². The molecule has 0 radical (unpaired) electrons. The average molecular weight is 307 g/mol. The smallest absolute Gasteiger partial charge is 0.203 e. The van der Waals surface area contributed by atoms with Crippen LogP contribution in [0.25, 0.3) is 11.2 Å². The van der Waals surface area contributed by atoms with Crippen molar-refractivity contribution in [1.29, 1.82) is 0 Å².